The van der Waals surface area contributed by atoms with E-state index in [1.807, 2.05) is 24.3 Å². The lowest BCUT2D eigenvalue weighted by Gasteiger charge is -2.13. The molecular weight excluding hydrogens is 288 g/mol. The standard InChI is InChI=1S/C15H21BrN2/c1-2-3-4-5-6-9-15(12-17)18-14-10-7-8-13(16)11-14/h7-8,10-11,15,18H,2-6,9H2,1H3. The minimum Gasteiger partial charge on any atom is -0.370 e. The lowest BCUT2D eigenvalue weighted by Crippen LogP contribution is -2.16. The van der Waals surface area contributed by atoms with Crippen molar-refractivity contribution < 1.29 is 0 Å². The van der Waals surface area contributed by atoms with E-state index in [2.05, 4.69) is 34.2 Å². The molecule has 0 saturated carbocycles. The molecule has 0 spiro atoms. The number of anilines is 1. The minimum absolute atomic E-state index is 0.0825. The largest absolute Gasteiger partial charge is 0.370 e. The van der Waals surface area contributed by atoms with Gasteiger partial charge in [0.2, 0.25) is 0 Å². The lowest BCUT2D eigenvalue weighted by molar-refractivity contribution is 0.597. The van der Waals surface area contributed by atoms with Crippen LogP contribution in [0.15, 0.2) is 28.7 Å². The van der Waals surface area contributed by atoms with Gasteiger partial charge in [-0.2, -0.15) is 5.26 Å². The zero-order chi connectivity index (χ0) is 13.2. The molecule has 0 aliphatic heterocycles. The van der Waals surface area contributed by atoms with E-state index in [-0.39, 0.29) is 6.04 Å². The van der Waals surface area contributed by atoms with Crippen molar-refractivity contribution in [3.63, 3.8) is 0 Å². The van der Waals surface area contributed by atoms with Gasteiger partial charge in [-0.25, -0.2) is 0 Å². The fraction of sp³-hybridized carbons (Fsp3) is 0.533. The normalized spacial score (nSPS) is 11.8. The molecule has 3 heteroatoms. The van der Waals surface area contributed by atoms with E-state index in [1.165, 1.54) is 25.7 Å². The first-order chi connectivity index (χ1) is 8.76. The molecule has 1 aromatic carbocycles. The Labute approximate surface area is 119 Å². The molecule has 98 valence electrons. The number of nitrogens with zero attached hydrogens (tertiary/aromatic N) is 1. The van der Waals surface area contributed by atoms with E-state index in [0.29, 0.717) is 0 Å². The molecule has 1 unspecified atom stereocenters. The van der Waals surface area contributed by atoms with Crippen molar-refractivity contribution in [2.75, 3.05) is 5.32 Å². The molecule has 18 heavy (non-hydrogen) atoms. The van der Waals surface area contributed by atoms with E-state index < -0.39 is 0 Å². The van der Waals surface area contributed by atoms with Gasteiger partial charge < -0.3 is 5.32 Å². The summed E-state index contributed by atoms with van der Waals surface area (Å²) in [6.45, 7) is 2.22. The van der Waals surface area contributed by atoms with Gasteiger partial charge in [-0.05, 0) is 24.6 Å². The first kappa shape index (κ1) is 15.0. The highest BCUT2D eigenvalue weighted by atomic mass is 79.9. The summed E-state index contributed by atoms with van der Waals surface area (Å²) in [6.07, 6.45) is 7.12. The van der Waals surface area contributed by atoms with Crippen LogP contribution in [-0.4, -0.2) is 6.04 Å². The number of rotatable bonds is 8. The van der Waals surface area contributed by atoms with Crippen molar-refractivity contribution in [1.29, 1.82) is 5.26 Å². The first-order valence-corrected chi connectivity index (χ1v) is 7.47. The molecule has 0 radical (unpaired) electrons. The van der Waals surface area contributed by atoms with Crippen molar-refractivity contribution in [3.05, 3.63) is 28.7 Å². The molecule has 0 saturated heterocycles. The minimum atomic E-state index is -0.0825. The molecule has 1 N–H and O–H groups in total. The number of halogens is 1. The van der Waals surface area contributed by atoms with Crippen LogP contribution in [0.2, 0.25) is 0 Å². The van der Waals surface area contributed by atoms with Crippen LogP contribution < -0.4 is 5.32 Å². The number of hydrogen-bond donors (Lipinski definition) is 1. The van der Waals surface area contributed by atoms with E-state index in [1.54, 1.807) is 0 Å². The van der Waals surface area contributed by atoms with E-state index in [0.717, 1.165) is 23.0 Å². The average Bonchev–Trinajstić information content (AvgIpc) is 2.37. The van der Waals surface area contributed by atoms with Gasteiger partial charge in [0.15, 0.2) is 0 Å². The Bertz CT molecular complexity index is 384. The second kappa shape index (κ2) is 8.99. The molecule has 0 heterocycles. The maximum atomic E-state index is 9.14. The Morgan fingerprint density at radius 2 is 2.06 bits per heavy atom. The molecule has 0 fully saturated rings. The van der Waals surface area contributed by atoms with Gasteiger partial charge in [0.25, 0.3) is 0 Å². The molecule has 1 rings (SSSR count). The Kier molecular flexibility index (Phi) is 7.52. The van der Waals surface area contributed by atoms with Crippen LogP contribution in [0.1, 0.15) is 45.4 Å². The van der Waals surface area contributed by atoms with Crippen LogP contribution in [0.4, 0.5) is 5.69 Å². The van der Waals surface area contributed by atoms with Gasteiger partial charge in [0, 0.05) is 10.2 Å². The fourth-order valence-corrected chi connectivity index (χ4v) is 2.30. The van der Waals surface area contributed by atoms with E-state index in [4.69, 9.17) is 5.26 Å². The van der Waals surface area contributed by atoms with E-state index in [9.17, 15) is 0 Å². The van der Waals surface area contributed by atoms with Gasteiger partial charge in [0.05, 0.1) is 6.07 Å². The van der Waals surface area contributed by atoms with Crippen LogP contribution in [-0.2, 0) is 0 Å². The zero-order valence-corrected chi connectivity index (χ0v) is 12.5. The quantitative estimate of drug-likeness (QED) is 0.677. The topological polar surface area (TPSA) is 35.8 Å². The predicted octanol–water partition coefficient (Wildman–Crippen LogP) is 5.11. The van der Waals surface area contributed by atoms with Crippen molar-refractivity contribution in [2.45, 2.75) is 51.5 Å². The molecule has 1 aromatic rings. The average molecular weight is 309 g/mol. The molecule has 0 amide bonds. The molecule has 0 aliphatic carbocycles. The van der Waals surface area contributed by atoms with E-state index >= 15 is 0 Å². The molecule has 1 atom stereocenters. The molecule has 2 nitrogen and oxygen atoms in total. The third kappa shape index (κ3) is 6.07. The number of benzene rings is 1. The van der Waals surface area contributed by atoms with Crippen molar-refractivity contribution in [1.82, 2.24) is 0 Å². The lowest BCUT2D eigenvalue weighted by atomic mass is 10.1. The summed E-state index contributed by atoms with van der Waals surface area (Å²) in [5.74, 6) is 0. The second-order valence-electron chi connectivity index (χ2n) is 4.54. The van der Waals surface area contributed by atoms with Gasteiger partial charge >= 0.3 is 0 Å². The van der Waals surface area contributed by atoms with Crippen LogP contribution in [0.25, 0.3) is 0 Å². The maximum absolute atomic E-state index is 9.14. The molecule has 0 aromatic heterocycles. The zero-order valence-electron chi connectivity index (χ0n) is 11.0. The maximum Gasteiger partial charge on any atom is 0.114 e. The van der Waals surface area contributed by atoms with Crippen molar-refractivity contribution in [2.24, 2.45) is 0 Å². The Hall–Kier alpha value is -1.01. The number of hydrogen-bond acceptors (Lipinski definition) is 2. The highest BCUT2D eigenvalue weighted by molar-refractivity contribution is 9.10. The number of nitriles is 1. The number of nitrogens with one attached hydrogen (secondary N) is 1. The third-order valence-electron chi connectivity index (χ3n) is 2.92. The summed E-state index contributed by atoms with van der Waals surface area (Å²) in [5.41, 5.74) is 1.00. The Morgan fingerprint density at radius 3 is 2.72 bits per heavy atom. The second-order valence-corrected chi connectivity index (χ2v) is 5.45. The molecule has 0 bridgehead atoms. The van der Waals surface area contributed by atoms with Crippen LogP contribution in [0.3, 0.4) is 0 Å². The summed E-state index contributed by atoms with van der Waals surface area (Å²) in [4.78, 5) is 0. The summed E-state index contributed by atoms with van der Waals surface area (Å²) in [5, 5.41) is 12.4. The van der Waals surface area contributed by atoms with Crippen LogP contribution >= 0.6 is 15.9 Å². The molecular formula is C15H21BrN2. The number of unbranched alkanes of at least 4 members (excludes halogenated alkanes) is 4. The smallest absolute Gasteiger partial charge is 0.114 e. The highest BCUT2D eigenvalue weighted by Gasteiger charge is 2.06. The van der Waals surface area contributed by atoms with Gasteiger partial charge in [-0.15, -0.1) is 0 Å². The van der Waals surface area contributed by atoms with Gasteiger partial charge in [-0.3, -0.25) is 0 Å². The van der Waals surface area contributed by atoms with Crippen molar-refractivity contribution >= 4 is 21.6 Å². The Morgan fingerprint density at radius 1 is 1.28 bits per heavy atom. The van der Waals surface area contributed by atoms with Crippen LogP contribution in [0.5, 0.6) is 0 Å². The van der Waals surface area contributed by atoms with Crippen LogP contribution in [0, 0.1) is 11.3 Å². The predicted molar refractivity (Wildman–Crippen MR) is 80.5 cm³/mol. The highest BCUT2D eigenvalue weighted by Crippen LogP contribution is 2.17. The summed E-state index contributed by atoms with van der Waals surface area (Å²) >= 11 is 3.43. The van der Waals surface area contributed by atoms with Crippen molar-refractivity contribution in [3.8, 4) is 6.07 Å². The third-order valence-corrected chi connectivity index (χ3v) is 3.41. The molecule has 0 aliphatic rings. The fourth-order valence-electron chi connectivity index (χ4n) is 1.90. The SMILES string of the molecule is CCCCCCCC(C#N)Nc1cccc(Br)c1. The summed E-state index contributed by atoms with van der Waals surface area (Å²) < 4.78 is 1.03. The first-order valence-electron chi connectivity index (χ1n) is 6.68. The monoisotopic (exact) mass is 308 g/mol. The van der Waals surface area contributed by atoms with Gasteiger partial charge in [-0.1, -0.05) is 61.0 Å². The summed E-state index contributed by atoms with van der Waals surface area (Å²) in [7, 11) is 0. The Balaban J connectivity index is 2.32. The summed E-state index contributed by atoms with van der Waals surface area (Å²) in [6, 6.07) is 10.2. The van der Waals surface area contributed by atoms with Gasteiger partial charge in [0.1, 0.15) is 6.04 Å².